The van der Waals surface area contributed by atoms with Crippen LogP contribution in [0.25, 0.3) is 0 Å². The van der Waals surface area contributed by atoms with Gasteiger partial charge in [0, 0.05) is 18.3 Å². The quantitative estimate of drug-likeness (QED) is 0.467. The Morgan fingerprint density at radius 3 is 2.91 bits per heavy atom. The number of fused-ring (bicyclic) bond motifs is 1. The molecule has 0 aromatic heterocycles. The lowest BCUT2D eigenvalue weighted by molar-refractivity contribution is 0.161. The van der Waals surface area contributed by atoms with Crippen LogP contribution in [-0.4, -0.2) is 23.5 Å². The highest BCUT2D eigenvalue weighted by atomic mass is 19.1. The molecule has 0 bridgehead atoms. The van der Waals surface area contributed by atoms with E-state index < -0.39 is 0 Å². The number of amides is 2. The number of rotatable bonds is 8. The molecule has 1 N–H and O–H groups in total. The average Bonchev–Trinajstić information content (AvgIpc) is 3.57. The minimum absolute atomic E-state index is 0.153. The molecule has 2 aliphatic rings. The number of urea groups is 1. The Balaban J connectivity index is 1.42. The number of hydrogen-bond donors (Lipinski definition) is 1. The molecule has 2 aliphatic carbocycles. The van der Waals surface area contributed by atoms with Crippen LogP contribution >= 0.6 is 0 Å². The Morgan fingerprint density at radius 2 is 2.21 bits per heavy atom. The number of nitrogens with one attached hydrogen (secondary N) is 1. The van der Waals surface area contributed by atoms with Crippen molar-refractivity contribution >= 4 is 11.7 Å². The monoisotopic (exact) mass is 445 g/mol. The van der Waals surface area contributed by atoms with Crippen LogP contribution < -0.4 is 5.32 Å². The number of hydrogen-bond acceptors (Lipinski definition) is 2. The molecule has 4 nitrogen and oxygen atoms in total. The topological polar surface area (TPSA) is 56.1 Å². The van der Waals surface area contributed by atoms with E-state index in [0.29, 0.717) is 35.7 Å². The van der Waals surface area contributed by atoms with Crippen molar-refractivity contribution in [3.8, 4) is 6.07 Å². The van der Waals surface area contributed by atoms with Crippen molar-refractivity contribution in [2.75, 3.05) is 11.9 Å². The van der Waals surface area contributed by atoms with Gasteiger partial charge in [-0.3, -0.25) is 0 Å². The zero-order chi connectivity index (χ0) is 23.4. The highest BCUT2D eigenvalue weighted by Gasteiger charge is 2.58. The maximum atomic E-state index is 14.4. The molecule has 0 spiro atoms. The van der Waals surface area contributed by atoms with Gasteiger partial charge in [0.05, 0.1) is 11.6 Å². The first-order chi connectivity index (χ1) is 16.0. The summed E-state index contributed by atoms with van der Waals surface area (Å²) in [6.45, 7) is 6.44. The number of carbonyl (C=O) groups is 1. The highest BCUT2D eigenvalue weighted by molar-refractivity contribution is 5.89. The van der Waals surface area contributed by atoms with E-state index in [-0.39, 0.29) is 23.3 Å². The summed E-state index contributed by atoms with van der Waals surface area (Å²) >= 11 is 0. The van der Waals surface area contributed by atoms with E-state index in [4.69, 9.17) is 0 Å². The van der Waals surface area contributed by atoms with Crippen molar-refractivity contribution in [2.24, 2.45) is 5.92 Å². The van der Waals surface area contributed by atoms with Crippen LogP contribution in [-0.2, 0) is 11.8 Å². The van der Waals surface area contributed by atoms with Crippen LogP contribution in [0.2, 0.25) is 0 Å². The molecule has 3 atom stereocenters. The predicted octanol–water partition coefficient (Wildman–Crippen LogP) is 6.57. The third kappa shape index (κ3) is 4.80. The number of nitrogens with zero attached hydrogens (tertiary/aromatic N) is 2. The molecule has 5 heteroatoms. The maximum absolute atomic E-state index is 14.4. The number of aryl methyl sites for hydroxylation is 1. The van der Waals surface area contributed by atoms with Crippen molar-refractivity contribution in [3.05, 3.63) is 77.6 Å². The molecule has 2 amide bonds. The van der Waals surface area contributed by atoms with E-state index >= 15 is 0 Å². The third-order valence-electron chi connectivity index (χ3n) is 7.37. The number of nitriles is 1. The lowest BCUT2D eigenvalue weighted by Gasteiger charge is -2.37. The molecule has 2 aromatic rings. The van der Waals surface area contributed by atoms with Crippen molar-refractivity contribution in [1.29, 1.82) is 5.26 Å². The Kier molecular flexibility index (Phi) is 6.83. The normalized spacial score (nSPS) is 23.2. The second kappa shape index (κ2) is 9.79. The average molecular weight is 446 g/mol. The Hall–Kier alpha value is -3.13. The largest absolute Gasteiger partial charge is 0.322 e. The van der Waals surface area contributed by atoms with Gasteiger partial charge < -0.3 is 10.2 Å². The number of benzene rings is 2. The zero-order valence-corrected chi connectivity index (χ0v) is 19.3. The minimum Gasteiger partial charge on any atom is -0.322 e. The smallest absolute Gasteiger partial charge is 0.322 e. The van der Waals surface area contributed by atoms with Gasteiger partial charge in [-0.05, 0) is 91.7 Å². The van der Waals surface area contributed by atoms with Gasteiger partial charge in [-0.2, -0.15) is 5.26 Å². The molecular weight excluding hydrogens is 413 g/mol. The van der Waals surface area contributed by atoms with Crippen LogP contribution in [0.3, 0.4) is 0 Å². The summed E-state index contributed by atoms with van der Waals surface area (Å²) in [5.41, 5.74) is 3.28. The van der Waals surface area contributed by atoms with Crippen LogP contribution in [0, 0.1) is 23.1 Å². The SMILES string of the molecule is C=CCCc1ccc(NC(=O)N(CCC)C2CCC3(c4cccc(C#N)c4)CC3C2)cc1F. The second-order valence-electron chi connectivity index (χ2n) is 9.44. The summed E-state index contributed by atoms with van der Waals surface area (Å²) in [5, 5.41) is 12.2. The van der Waals surface area contributed by atoms with Gasteiger partial charge in [0.2, 0.25) is 0 Å². The van der Waals surface area contributed by atoms with Crippen LogP contribution in [0.5, 0.6) is 0 Å². The van der Waals surface area contributed by atoms with E-state index in [1.165, 1.54) is 11.6 Å². The van der Waals surface area contributed by atoms with E-state index in [9.17, 15) is 14.4 Å². The number of carbonyl (C=O) groups excluding carboxylic acids is 1. The van der Waals surface area contributed by atoms with Crippen LogP contribution in [0.15, 0.2) is 55.1 Å². The Labute approximate surface area is 196 Å². The third-order valence-corrected chi connectivity index (χ3v) is 7.37. The minimum atomic E-state index is -0.295. The maximum Gasteiger partial charge on any atom is 0.322 e. The molecule has 2 saturated carbocycles. The molecule has 2 aromatic carbocycles. The fourth-order valence-electron chi connectivity index (χ4n) is 5.52. The molecule has 2 fully saturated rings. The van der Waals surface area contributed by atoms with E-state index in [1.54, 1.807) is 18.2 Å². The number of allylic oxidation sites excluding steroid dienone is 1. The molecule has 0 aliphatic heterocycles. The molecule has 0 saturated heterocycles. The van der Waals surface area contributed by atoms with Crippen molar-refractivity contribution in [1.82, 2.24) is 4.90 Å². The van der Waals surface area contributed by atoms with E-state index in [2.05, 4.69) is 31.0 Å². The zero-order valence-electron chi connectivity index (χ0n) is 19.3. The van der Waals surface area contributed by atoms with Gasteiger partial charge in [0.15, 0.2) is 0 Å². The summed E-state index contributed by atoms with van der Waals surface area (Å²) in [4.78, 5) is 15.1. The number of anilines is 1. The summed E-state index contributed by atoms with van der Waals surface area (Å²) in [5.74, 6) is 0.246. The van der Waals surface area contributed by atoms with Crippen molar-refractivity contribution in [3.63, 3.8) is 0 Å². The van der Waals surface area contributed by atoms with Gasteiger partial charge >= 0.3 is 6.03 Å². The number of halogens is 1. The first-order valence-corrected chi connectivity index (χ1v) is 12.0. The van der Waals surface area contributed by atoms with Gasteiger partial charge in [0.25, 0.3) is 0 Å². The first-order valence-electron chi connectivity index (χ1n) is 12.0. The molecule has 33 heavy (non-hydrogen) atoms. The van der Waals surface area contributed by atoms with Gasteiger partial charge in [-0.25, -0.2) is 9.18 Å². The summed E-state index contributed by atoms with van der Waals surface area (Å²) in [7, 11) is 0. The van der Waals surface area contributed by atoms with Crippen molar-refractivity contribution < 1.29 is 9.18 Å². The highest BCUT2D eigenvalue weighted by Crippen LogP contribution is 2.62. The summed E-state index contributed by atoms with van der Waals surface area (Å²) in [6.07, 6.45) is 8.03. The second-order valence-corrected chi connectivity index (χ2v) is 9.44. The molecule has 4 rings (SSSR count). The summed E-state index contributed by atoms with van der Waals surface area (Å²) < 4.78 is 14.4. The predicted molar refractivity (Wildman–Crippen MR) is 130 cm³/mol. The van der Waals surface area contributed by atoms with Gasteiger partial charge in [0.1, 0.15) is 5.82 Å². The molecular formula is C28H32FN3O. The van der Waals surface area contributed by atoms with E-state index in [1.807, 2.05) is 23.1 Å². The van der Waals surface area contributed by atoms with Gasteiger partial charge in [-0.1, -0.05) is 31.2 Å². The van der Waals surface area contributed by atoms with E-state index in [0.717, 1.165) is 38.5 Å². The molecule has 3 unspecified atom stereocenters. The van der Waals surface area contributed by atoms with Crippen LogP contribution in [0.4, 0.5) is 14.9 Å². The lowest BCUT2D eigenvalue weighted by atomic mass is 9.80. The van der Waals surface area contributed by atoms with Crippen LogP contribution in [0.1, 0.15) is 62.1 Å². The Bertz CT molecular complexity index is 1080. The molecule has 0 heterocycles. The van der Waals surface area contributed by atoms with Gasteiger partial charge in [-0.15, -0.1) is 6.58 Å². The Morgan fingerprint density at radius 1 is 1.36 bits per heavy atom. The first kappa shape index (κ1) is 23.0. The summed E-state index contributed by atoms with van der Waals surface area (Å²) in [6, 6.07) is 15.2. The van der Waals surface area contributed by atoms with Crippen molar-refractivity contribution in [2.45, 2.75) is 63.3 Å². The lowest BCUT2D eigenvalue weighted by Crippen LogP contribution is -2.45. The molecule has 172 valence electrons. The fraction of sp³-hybridized carbons (Fsp3) is 0.429. The molecule has 0 radical (unpaired) electrons. The standard InChI is InChI=1S/C28H32FN3O/c1-3-5-8-21-10-11-24(17-26(21)29)31-27(33)32(14-4-2)25-12-13-28(18-23(28)16-25)22-9-6-7-20(15-22)19-30/h3,6-7,9-11,15,17,23,25H,1,4-5,8,12-14,16,18H2,2H3,(H,31,33). The fourth-order valence-corrected chi connectivity index (χ4v) is 5.52.